The number of rotatable bonds is 15. The van der Waals surface area contributed by atoms with Gasteiger partial charge < -0.3 is 19.9 Å². The SMILES string of the molecule is CCCCCCCCNc1cc2c(ccc3c2sc2c4ccc5oc(C(N)CCCCCCC)cc5c4sc32)o1. The van der Waals surface area contributed by atoms with E-state index in [9.17, 15) is 0 Å². The molecule has 4 nitrogen and oxygen atoms in total. The van der Waals surface area contributed by atoms with Gasteiger partial charge in [-0.1, -0.05) is 78.1 Å². The first-order valence-electron chi connectivity index (χ1n) is 15.4. The number of anilines is 1. The minimum absolute atomic E-state index is 0.0378. The van der Waals surface area contributed by atoms with Crippen LogP contribution in [0.4, 0.5) is 5.88 Å². The van der Waals surface area contributed by atoms with E-state index in [1.54, 1.807) is 0 Å². The number of furan rings is 2. The summed E-state index contributed by atoms with van der Waals surface area (Å²) in [5.41, 5.74) is 8.47. The molecule has 0 radical (unpaired) electrons. The van der Waals surface area contributed by atoms with Crippen molar-refractivity contribution in [2.75, 3.05) is 11.9 Å². The van der Waals surface area contributed by atoms with Crippen molar-refractivity contribution < 1.29 is 8.83 Å². The van der Waals surface area contributed by atoms with Crippen LogP contribution in [0.3, 0.4) is 0 Å². The fourth-order valence-corrected chi connectivity index (χ4v) is 8.77. The number of unbranched alkanes of at least 4 members (excludes halogenated alkanes) is 9. The summed E-state index contributed by atoms with van der Waals surface area (Å²) in [5.74, 6) is 1.80. The van der Waals surface area contributed by atoms with E-state index in [1.807, 2.05) is 22.7 Å². The van der Waals surface area contributed by atoms with Gasteiger partial charge in [0.1, 0.15) is 16.9 Å². The molecule has 0 saturated carbocycles. The summed E-state index contributed by atoms with van der Waals surface area (Å²) in [6.45, 7) is 5.48. The summed E-state index contributed by atoms with van der Waals surface area (Å²) in [6, 6.07) is 13.1. The Morgan fingerprint density at radius 3 is 1.90 bits per heavy atom. The van der Waals surface area contributed by atoms with Crippen molar-refractivity contribution in [3.05, 3.63) is 42.2 Å². The Labute approximate surface area is 244 Å². The van der Waals surface area contributed by atoms with Gasteiger partial charge in [-0.15, -0.1) is 22.7 Å². The smallest absolute Gasteiger partial charge is 0.194 e. The number of benzene rings is 2. The quantitative estimate of drug-likeness (QED) is 0.120. The molecule has 1 unspecified atom stereocenters. The molecule has 6 rings (SSSR count). The van der Waals surface area contributed by atoms with Gasteiger partial charge >= 0.3 is 0 Å². The van der Waals surface area contributed by atoms with Gasteiger partial charge in [0.25, 0.3) is 0 Å². The lowest BCUT2D eigenvalue weighted by molar-refractivity contribution is 0.460. The number of thiophene rings is 2. The molecule has 4 aromatic heterocycles. The second kappa shape index (κ2) is 12.5. The van der Waals surface area contributed by atoms with E-state index in [0.717, 1.165) is 42.2 Å². The third-order valence-electron chi connectivity index (χ3n) is 8.24. The van der Waals surface area contributed by atoms with Gasteiger partial charge in [-0.05, 0) is 43.2 Å². The van der Waals surface area contributed by atoms with Crippen LogP contribution in [-0.4, -0.2) is 6.54 Å². The van der Waals surface area contributed by atoms with Crippen LogP contribution in [0.15, 0.2) is 45.2 Å². The largest absolute Gasteiger partial charge is 0.459 e. The second-order valence-corrected chi connectivity index (χ2v) is 13.4. The standard InChI is InChI=1S/C34H42N2O2S2/c1-3-5-7-9-11-13-19-36-30-21-25-28(38-30)18-16-23-32(25)40-33-22-15-17-27-24(31(22)39-34(23)33)20-29(37-27)26(35)14-12-10-8-6-4-2/h15-18,20-21,26,36H,3-14,19,35H2,1-2H3. The van der Waals surface area contributed by atoms with E-state index in [1.165, 1.54) is 105 Å². The number of nitrogens with one attached hydrogen (secondary N) is 1. The number of fused-ring (bicyclic) bond motifs is 9. The molecule has 0 bridgehead atoms. The monoisotopic (exact) mass is 574 g/mol. The van der Waals surface area contributed by atoms with Gasteiger partial charge in [0.05, 0.1) is 15.4 Å². The molecule has 40 heavy (non-hydrogen) atoms. The molecule has 0 aliphatic rings. The van der Waals surface area contributed by atoms with Crippen LogP contribution >= 0.6 is 22.7 Å². The van der Waals surface area contributed by atoms with Gasteiger partial charge in [-0.25, -0.2) is 0 Å². The molecule has 0 aliphatic heterocycles. The zero-order chi connectivity index (χ0) is 27.5. The highest BCUT2D eigenvalue weighted by Crippen LogP contribution is 2.49. The van der Waals surface area contributed by atoms with Crippen LogP contribution < -0.4 is 11.1 Å². The molecule has 1 atom stereocenters. The van der Waals surface area contributed by atoms with Crippen LogP contribution in [0.2, 0.25) is 0 Å². The highest BCUT2D eigenvalue weighted by molar-refractivity contribution is 7.37. The Morgan fingerprint density at radius 2 is 1.23 bits per heavy atom. The summed E-state index contributed by atoms with van der Waals surface area (Å²) in [5, 5.41) is 8.55. The molecule has 212 valence electrons. The molecular weight excluding hydrogens is 533 g/mol. The van der Waals surface area contributed by atoms with Crippen LogP contribution in [0.5, 0.6) is 0 Å². The molecule has 3 N–H and O–H groups in total. The Hall–Kier alpha value is -2.54. The van der Waals surface area contributed by atoms with Crippen molar-refractivity contribution in [2.24, 2.45) is 5.73 Å². The van der Waals surface area contributed by atoms with Crippen molar-refractivity contribution in [3.63, 3.8) is 0 Å². The molecule has 6 aromatic rings. The minimum Gasteiger partial charge on any atom is -0.459 e. The van der Waals surface area contributed by atoms with E-state index >= 15 is 0 Å². The fraction of sp³-hybridized carbons (Fsp3) is 0.471. The summed E-state index contributed by atoms with van der Waals surface area (Å²) in [6.07, 6.45) is 15.1. The summed E-state index contributed by atoms with van der Waals surface area (Å²) < 4.78 is 17.8. The van der Waals surface area contributed by atoms with E-state index in [4.69, 9.17) is 14.6 Å². The third-order valence-corrected chi connectivity index (χ3v) is 10.9. The van der Waals surface area contributed by atoms with Gasteiger partial charge in [0.15, 0.2) is 5.88 Å². The van der Waals surface area contributed by atoms with Gasteiger partial charge in [0, 0.05) is 43.6 Å². The Bertz CT molecular complexity index is 1720. The minimum atomic E-state index is -0.0378. The first kappa shape index (κ1) is 27.6. The molecule has 0 fully saturated rings. The van der Waals surface area contributed by atoms with Crippen LogP contribution in [0.25, 0.3) is 51.5 Å². The van der Waals surface area contributed by atoms with Crippen molar-refractivity contribution in [2.45, 2.75) is 96.9 Å². The van der Waals surface area contributed by atoms with Gasteiger partial charge in [-0.3, -0.25) is 0 Å². The average molecular weight is 575 g/mol. The van der Waals surface area contributed by atoms with Crippen molar-refractivity contribution in [1.29, 1.82) is 0 Å². The van der Waals surface area contributed by atoms with Crippen LogP contribution in [-0.2, 0) is 0 Å². The zero-order valence-electron chi connectivity index (χ0n) is 23.9. The lowest BCUT2D eigenvalue weighted by Gasteiger charge is -2.07. The fourth-order valence-electron chi connectivity index (χ4n) is 5.92. The normalized spacial score (nSPS) is 13.1. The van der Waals surface area contributed by atoms with E-state index < -0.39 is 0 Å². The van der Waals surface area contributed by atoms with Crippen LogP contribution in [0, 0.1) is 0 Å². The maximum absolute atomic E-state index is 6.56. The Kier molecular flexibility index (Phi) is 8.66. The molecule has 2 aromatic carbocycles. The van der Waals surface area contributed by atoms with Gasteiger partial charge in [0.2, 0.25) is 0 Å². The summed E-state index contributed by atoms with van der Waals surface area (Å²) in [7, 11) is 0. The van der Waals surface area contributed by atoms with Gasteiger partial charge in [-0.2, -0.15) is 0 Å². The first-order chi connectivity index (χ1) is 19.7. The highest BCUT2D eigenvalue weighted by atomic mass is 32.1. The molecule has 0 aliphatic carbocycles. The molecule has 0 spiro atoms. The van der Waals surface area contributed by atoms with E-state index in [0.29, 0.717) is 0 Å². The lowest BCUT2D eigenvalue weighted by Crippen LogP contribution is -2.08. The number of hydrogen-bond acceptors (Lipinski definition) is 6. The van der Waals surface area contributed by atoms with E-state index in [-0.39, 0.29) is 6.04 Å². The first-order valence-corrected chi connectivity index (χ1v) is 17.0. The molecule has 0 saturated heterocycles. The average Bonchev–Trinajstić information content (AvgIpc) is 3.72. The molecule has 6 heteroatoms. The number of nitrogens with two attached hydrogens (primary N) is 1. The molecule has 4 heterocycles. The Balaban J connectivity index is 1.23. The predicted molar refractivity (Wildman–Crippen MR) is 176 cm³/mol. The summed E-state index contributed by atoms with van der Waals surface area (Å²) >= 11 is 3.77. The topological polar surface area (TPSA) is 64.3 Å². The second-order valence-electron chi connectivity index (χ2n) is 11.3. The highest BCUT2D eigenvalue weighted by Gasteiger charge is 2.20. The molecule has 0 amide bonds. The summed E-state index contributed by atoms with van der Waals surface area (Å²) in [4.78, 5) is 0. The third kappa shape index (κ3) is 5.50. The Morgan fingerprint density at radius 1 is 0.650 bits per heavy atom. The zero-order valence-corrected chi connectivity index (χ0v) is 25.6. The van der Waals surface area contributed by atoms with Crippen molar-refractivity contribution in [3.8, 4) is 0 Å². The van der Waals surface area contributed by atoms with E-state index in [2.05, 4.69) is 55.6 Å². The van der Waals surface area contributed by atoms with Crippen LogP contribution in [0.1, 0.15) is 103 Å². The predicted octanol–water partition coefficient (Wildman–Crippen LogP) is 11.9. The van der Waals surface area contributed by atoms with Crippen molar-refractivity contribution >= 4 is 80.1 Å². The maximum Gasteiger partial charge on any atom is 0.194 e. The number of hydrogen-bond donors (Lipinski definition) is 2. The van der Waals surface area contributed by atoms with Crippen molar-refractivity contribution in [1.82, 2.24) is 0 Å². The molecular formula is C34H42N2O2S2. The lowest BCUT2D eigenvalue weighted by atomic mass is 10.1. The maximum atomic E-state index is 6.56.